The molecule has 1 heterocycles. The summed E-state index contributed by atoms with van der Waals surface area (Å²) in [5, 5.41) is 0. The van der Waals surface area contributed by atoms with Gasteiger partial charge in [-0.25, -0.2) is 13.1 Å². The van der Waals surface area contributed by atoms with Gasteiger partial charge in [0.05, 0.1) is 13.2 Å². The van der Waals surface area contributed by atoms with E-state index in [1.54, 1.807) is 18.2 Å². The first-order chi connectivity index (χ1) is 12.1. The molecule has 5 nitrogen and oxygen atoms in total. The molecule has 1 unspecified atom stereocenters. The Hall–Kier alpha value is -1.57. The summed E-state index contributed by atoms with van der Waals surface area (Å²) in [5.74, 6) is 1.01. The van der Waals surface area contributed by atoms with Gasteiger partial charge in [0.15, 0.2) is 0 Å². The van der Waals surface area contributed by atoms with E-state index in [-0.39, 0.29) is 10.9 Å². The standard InChI is InChI=1S/C19H22BrNO4S/c1-12-5-7-16-14(9-12)15(11-19(2,3)25-16)21-26(22,23)18-10-13(20)6-8-17(18)24-4/h5-10,15,21H,11H2,1-4H3. The van der Waals surface area contributed by atoms with Crippen LogP contribution in [-0.2, 0) is 10.0 Å². The maximum absolute atomic E-state index is 13.1. The Labute approximate surface area is 162 Å². The number of nitrogens with one attached hydrogen (secondary N) is 1. The summed E-state index contributed by atoms with van der Waals surface area (Å²) < 4.78 is 40.9. The molecule has 7 heteroatoms. The van der Waals surface area contributed by atoms with Crippen LogP contribution in [0.1, 0.15) is 37.4 Å². The highest BCUT2D eigenvalue weighted by molar-refractivity contribution is 9.10. The number of ether oxygens (including phenoxy) is 2. The number of fused-ring (bicyclic) bond motifs is 1. The van der Waals surface area contributed by atoms with Crippen LogP contribution in [0.5, 0.6) is 11.5 Å². The van der Waals surface area contributed by atoms with Crippen molar-refractivity contribution >= 4 is 26.0 Å². The van der Waals surface area contributed by atoms with E-state index in [1.807, 2.05) is 39.0 Å². The van der Waals surface area contributed by atoms with Crippen LogP contribution < -0.4 is 14.2 Å². The Morgan fingerprint density at radius 2 is 1.96 bits per heavy atom. The molecule has 0 saturated heterocycles. The smallest absolute Gasteiger partial charge is 0.244 e. The highest BCUT2D eigenvalue weighted by Gasteiger charge is 2.36. The molecule has 2 aromatic rings. The van der Waals surface area contributed by atoms with Gasteiger partial charge in [0.25, 0.3) is 0 Å². The quantitative estimate of drug-likeness (QED) is 0.768. The van der Waals surface area contributed by atoms with Crippen molar-refractivity contribution in [3.63, 3.8) is 0 Å². The van der Waals surface area contributed by atoms with Gasteiger partial charge in [0, 0.05) is 16.5 Å². The SMILES string of the molecule is COc1ccc(Br)cc1S(=O)(=O)NC1CC(C)(C)Oc2ccc(C)cc21. The van der Waals surface area contributed by atoms with E-state index in [2.05, 4.69) is 20.7 Å². The third-order valence-electron chi connectivity index (χ3n) is 4.34. The second kappa shape index (κ2) is 6.87. The molecule has 0 fully saturated rings. The lowest BCUT2D eigenvalue weighted by Gasteiger charge is -2.38. The number of hydrogen-bond donors (Lipinski definition) is 1. The molecule has 0 spiro atoms. The highest BCUT2D eigenvalue weighted by atomic mass is 79.9. The monoisotopic (exact) mass is 439 g/mol. The molecule has 1 atom stereocenters. The Kier molecular flexibility index (Phi) is 5.07. The molecule has 0 amide bonds. The molecule has 140 valence electrons. The summed E-state index contributed by atoms with van der Waals surface area (Å²) in [5.41, 5.74) is 1.43. The lowest BCUT2D eigenvalue weighted by Crippen LogP contribution is -2.41. The molecule has 26 heavy (non-hydrogen) atoms. The Morgan fingerprint density at radius 3 is 2.65 bits per heavy atom. The van der Waals surface area contributed by atoms with Gasteiger partial charge < -0.3 is 9.47 Å². The molecular formula is C19H22BrNO4S. The Morgan fingerprint density at radius 1 is 1.23 bits per heavy atom. The van der Waals surface area contributed by atoms with Gasteiger partial charge in [0.1, 0.15) is 22.0 Å². The fourth-order valence-electron chi connectivity index (χ4n) is 3.19. The summed E-state index contributed by atoms with van der Waals surface area (Å²) in [6.07, 6.45) is 0.527. The summed E-state index contributed by atoms with van der Waals surface area (Å²) in [7, 11) is -2.33. The van der Waals surface area contributed by atoms with Gasteiger partial charge in [-0.05, 0) is 45.0 Å². The number of sulfonamides is 1. The average molecular weight is 440 g/mol. The van der Waals surface area contributed by atoms with Gasteiger partial charge in [-0.2, -0.15) is 0 Å². The van der Waals surface area contributed by atoms with Crippen molar-refractivity contribution in [2.24, 2.45) is 0 Å². The molecule has 0 saturated carbocycles. The van der Waals surface area contributed by atoms with Crippen molar-refractivity contribution in [2.75, 3.05) is 7.11 Å². The maximum atomic E-state index is 13.1. The van der Waals surface area contributed by atoms with Crippen LogP contribution in [-0.4, -0.2) is 21.1 Å². The molecule has 0 aromatic heterocycles. The number of methoxy groups -OCH3 is 1. The highest BCUT2D eigenvalue weighted by Crippen LogP contribution is 2.41. The van der Waals surface area contributed by atoms with Gasteiger partial charge in [-0.3, -0.25) is 0 Å². The molecule has 0 bridgehead atoms. The van der Waals surface area contributed by atoms with E-state index < -0.39 is 15.6 Å². The predicted octanol–water partition coefficient (Wildman–Crippen LogP) is 4.35. The maximum Gasteiger partial charge on any atom is 0.244 e. The van der Waals surface area contributed by atoms with E-state index in [0.29, 0.717) is 22.4 Å². The van der Waals surface area contributed by atoms with E-state index in [0.717, 1.165) is 11.1 Å². The summed E-state index contributed by atoms with van der Waals surface area (Å²) in [6.45, 7) is 5.89. The van der Waals surface area contributed by atoms with E-state index in [4.69, 9.17) is 9.47 Å². The predicted molar refractivity (Wildman–Crippen MR) is 104 cm³/mol. The van der Waals surface area contributed by atoms with E-state index >= 15 is 0 Å². The summed E-state index contributed by atoms with van der Waals surface area (Å²) >= 11 is 3.33. The normalized spacial score (nSPS) is 18.7. The molecule has 0 aliphatic carbocycles. The minimum absolute atomic E-state index is 0.105. The first-order valence-electron chi connectivity index (χ1n) is 8.27. The third-order valence-corrected chi connectivity index (χ3v) is 6.32. The van der Waals surface area contributed by atoms with Crippen molar-refractivity contribution < 1.29 is 17.9 Å². The fraction of sp³-hybridized carbons (Fsp3) is 0.368. The van der Waals surface area contributed by atoms with Crippen LogP contribution in [0.3, 0.4) is 0 Å². The minimum Gasteiger partial charge on any atom is -0.495 e. The zero-order valence-electron chi connectivity index (χ0n) is 15.2. The summed E-state index contributed by atoms with van der Waals surface area (Å²) in [6, 6.07) is 10.4. The van der Waals surface area contributed by atoms with E-state index in [1.165, 1.54) is 7.11 Å². The molecular weight excluding hydrogens is 418 g/mol. The van der Waals surface area contributed by atoms with Gasteiger partial charge >= 0.3 is 0 Å². The molecule has 2 aromatic carbocycles. The fourth-order valence-corrected chi connectivity index (χ4v) is 5.11. The Balaban J connectivity index is 2.03. The van der Waals surface area contributed by atoms with Crippen molar-refractivity contribution in [3.05, 3.63) is 52.0 Å². The number of benzene rings is 2. The van der Waals surface area contributed by atoms with Crippen LogP contribution in [0, 0.1) is 6.92 Å². The molecule has 1 aliphatic heterocycles. The third kappa shape index (κ3) is 3.89. The van der Waals surface area contributed by atoms with Crippen LogP contribution in [0.25, 0.3) is 0 Å². The molecule has 1 N–H and O–H groups in total. The number of hydrogen-bond acceptors (Lipinski definition) is 4. The van der Waals surface area contributed by atoms with Crippen molar-refractivity contribution in [1.82, 2.24) is 4.72 Å². The second-order valence-corrected chi connectivity index (χ2v) is 9.67. The lowest BCUT2D eigenvalue weighted by molar-refractivity contribution is 0.0701. The number of aryl methyl sites for hydroxylation is 1. The zero-order valence-corrected chi connectivity index (χ0v) is 17.6. The summed E-state index contributed by atoms with van der Waals surface area (Å²) in [4.78, 5) is 0.105. The van der Waals surface area contributed by atoms with Crippen molar-refractivity contribution in [3.8, 4) is 11.5 Å². The van der Waals surface area contributed by atoms with Crippen LogP contribution in [0.15, 0.2) is 45.8 Å². The molecule has 3 rings (SSSR count). The van der Waals surface area contributed by atoms with Crippen LogP contribution in [0.4, 0.5) is 0 Å². The van der Waals surface area contributed by atoms with Crippen molar-refractivity contribution in [1.29, 1.82) is 0 Å². The second-order valence-electron chi connectivity index (χ2n) is 7.08. The average Bonchev–Trinajstić information content (AvgIpc) is 2.54. The zero-order chi connectivity index (χ0) is 19.1. The number of rotatable bonds is 4. The topological polar surface area (TPSA) is 64.6 Å². The molecule has 0 radical (unpaired) electrons. The Bertz CT molecular complexity index is 941. The van der Waals surface area contributed by atoms with Gasteiger partial charge in [-0.1, -0.05) is 33.6 Å². The van der Waals surface area contributed by atoms with Gasteiger partial charge in [-0.15, -0.1) is 0 Å². The van der Waals surface area contributed by atoms with Gasteiger partial charge in [0.2, 0.25) is 10.0 Å². The van der Waals surface area contributed by atoms with Crippen LogP contribution in [0.2, 0.25) is 0 Å². The lowest BCUT2D eigenvalue weighted by atomic mass is 9.89. The molecule has 1 aliphatic rings. The van der Waals surface area contributed by atoms with Crippen LogP contribution >= 0.6 is 15.9 Å². The van der Waals surface area contributed by atoms with Crippen molar-refractivity contribution in [2.45, 2.75) is 43.7 Å². The van der Waals surface area contributed by atoms with E-state index in [9.17, 15) is 8.42 Å². The minimum atomic E-state index is -3.79. The first-order valence-corrected chi connectivity index (χ1v) is 10.5. The first kappa shape index (κ1) is 19.2. The largest absolute Gasteiger partial charge is 0.495 e. The number of halogens is 1.